The predicted molar refractivity (Wildman–Crippen MR) is 42.5 cm³/mol. The Labute approximate surface area is 63.2 Å². The zero-order valence-electron chi connectivity index (χ0n) is 5.92. The molecule has 0 aromatic heterocycles. The molecule has 3 heteroatoms. The van der Waals surface area contributed by atoms with Gasteiger partial charge in [-0.2, -0.15) is 0 Å². The van der Waals surface area contributed by atoms with E-state index < -0.39 is 0 Å². The number of carbonyl (C=O) groups excluding carboxylic acids is 1. The number of hydrogen-bond donors (Lipinski definition) is 0. The van der Waals surface area contributed by atoms with Crippen LogP contribution >= 0.6 is 9.39 Å². The molecule has 3 unspecified atom stereocenters. The molecule has 1 aliphatic carbocycles. The lowest BCUT2D eigenvalue weighted by atomic mass is 9.99. The van der Waals surface area contributed by atoms with E-state index in [9.17, 15) is 4.79 Å². The normalized spacial score (nSPS) is 40.7. The first-order valence-electron chi connectivity index (χ1n) is 3.81. The summed E-state index contributed by atoms with van der Waals surface area (Å²) in [4.78, 5) is 11.3. The Kier molecular flexibility index (Phi) is 1.54. The molecule has 2 nitrogen and oxygen atoms in total. The van der Waals surface area contributed by atoms with Gasteiger partial charge in [0.2, 0.25) is 0 Å². The van der Waals surface area contributed by atoms with Crippen LogP contribution < -0.4 is 0 Å². The zero-order chi connectivity index (χ0) is 7.14. The van der Waals surface area contributed by atoms with Gasteiger partial charge in [0.1, 0.15) is 5.78 Å². The van der Waals surface area contributed by atoms with Crippen LogP contribution in [0.5, 0.6) is 0 Å². The van der Waals surface area contributed by atoms with E-state index in [1.54, 1.807) is 0 Å². The van der Waals surface area contributed by atoms with E-state index in [1.807, 2.05) is 0 Å². The van der Waals surface area contributed by atoms with Gasteiger partial charge in [0, 0.05) is 24.9 Å². The number of Topliss-reactive ketones (excluding diaryl/α,β-unsaturated/α-hetero) is 1. The van der Waals surface area contributed by atoms with Gasteiger partial charge < -0.3 is 0 Å². The number of hydrogen-bond acceptors (Lipinski definition) is 2. The molecule has 10 heavy (non-hydrogen) atoms. The van der Waals surface area contributed by atoms with E-state index in [0.717, 1.165) is 25.9 Å². The summed E-state index contributed by atoms with van der Waals surface area (Å²) >= 11 is 0. The highest BCUT2D eigenvalue weighted by Gasteiger charge is 2.39. The van der Waals surface area contributed by atoms with Crippen molar-refractivity contribution in [3.05, 3.63) is 0 Å². The van der Waals surface area contributed by atoms with Crippen LogP contribution in [0.15, 0.2) is 0 Å². The van der Waals surface area contributed by atoms with Gasteiger partial charge in [0.15, 0.2) is 0 Å². The number of piperidine rings is 1. The molecule has 1 saturated carbocycles. The smallest absolute Gasteiger partial charge is 0.141 e. The molecule has 2 aliphatic rings. The molecule has 1 saturated heterocycles. The number of ketones is 1. The Bertz CT molecular complexity index is 155. The number of rotatable bonds is 0. The fourth-order valence-corrected chi connectivity index (χ4v) is 2.53. The highest BCUT2D eigenvalue weighted by Crippen LogP contribution is 2.34. The van der Waals surface area contributed by atoms with E-state index in [-0.39, 0.29) is 0 Å². The fourth-order valence-electron chi connectivity index (χ4n) is 2.02. The molecule has 0 aromatic carbocycles. The van der Waals surface area contributed by atoms with Crippen LogP contribution in [0.1, 0.15) is 12.8 Å². The van der Waals surface area contributed by atoms with Gasteiger partial charge in [0.05, 0.1) is 0 Å². The maximum Gasteiger partial charge on any atom is 0.141 e. The summed E-state index contributed by atoms with van der Waals surface area (Å²) < 4.78 is 2.20. The van der Waals surface area contributed by atoms with Crippen molar-refractivity contribution in [2.45, 2.75) is 12.8 Å². The molecule has 2 fully saturated rings. The minimum absolute atomic E-state index is 0.372. The zero-order valence-corrected chi connectivity index (χ0v) is 7.07. The molecule has 1 aliphatic heterocycles. The quantitative estimate of drug-likeness (QED) is 0.482. The molecule has 0 aromatic rings. The second-order valence-corrected chi connectivity index (χ2v) is 4.06. The Morgan fingerprint density at radius 3 is 2.30 bits per heavy atom. The van der Waals surface area contributed by atoms with Crippen molar-refractivity contribution < 1.29 is 4.79 Å². The third-order valence-electron chi connectivity index (χ3n) is 2.58. The first-order chi connectivity index (χ1) is 4.77. The standard InChI is InChI=1S/C7H12NOP/c9-7-5-1-2-6(7)4-8(10)3-5/h5-6H,1-4,10H2. The minimum Gasteiger partial charge on any atom is -0.299 e. The number of nitrogens with zero attached hydrogens (tertiary/aromatic N) is 1. The Hall–Kier alpha value is 0.0600. The van der Waals surface area contributed by atoms with Crippen molar-refractivity contribution >= 4 is 15.2 Å². The molecular formula is C7H12NOP. The highest BCUT2D eigenvalue weighted by molar-refractivity contribution is 7.13. The topological polar surface area (TPSA) is 20.3 Å². The molecule has 0 N–H and O–H groups in total. The molecule has 1 heterocycles. The van der Waals surface area contributed by atoms with Crippen molar-refractivity contribution in [1.82, 2.24) is 4.67 Å². The van der Waals surface area contributed by atoms with Gasteiger partial charge in [0.25, 0.3) is 0 Å². The van der Waals surface area contributed by atoms with Crippen molar-refractivity contribution in [1.29, 1.82) is 0 Å². The van der Waals surface area contributed by atoms with E-state index in [0.29, 0.717) is 17.6 Å². The lowest BCUT2D eigenvalue weighted by Gasteiger charge is -2.26. The molecule has 3 atom stereocenters. The summed E-state index contributed by atoms with van der Waals surface area (Å²) in [5.41, 5.74) is 0. The van der Waals surface area contributed by atoms with Crippen LogP contribution in [0.3, 0.4) is 0 Å². The summed E-state index contributed by atoms with van der Waals surface area (Å²) in [6, 6.07) is 0. The molecule has 0 radical (unpaired) electrons. The summed E-state index contributed by atoms with van der Waals surface area (Å²) in [7, 11) is 2.69. The molecule has 0 amide bonds. The van der Waals surface area contributed by atoms with Crippen molar-refractivity contribution in [2.24, 2.45) is 11.8 Å². The first kappa shape index (κ1) is 6.75. The van der Waals surface area contributed by atoms with Crippen LogP contribution in [-0.2, 0) is 4.79 Å². The van der Waals surface area contributed by atoms with E-state index >= 15 is 0 Å². The van der Waals surface area contributed by atoms with E-state index in [4.69, 9.17) is 0 Å². The van der Waals surface area contributed by atoms with Gasteiger partial charge in [-0.1, -0.05) is 9.39 Å². The number of fused-ring (bicyclic) bond motifs is 2. The Balaban J connectivity index is 2.16. The third kappa shape index (κ3) is 0.906. The highest BCUT2D eigenvalue weighted by atomic mass is 31.0. The van der Waals surface area contributed by atoms with Crippen LogP contribution in [0, 0.1) is 11.8 Å². The van der Waals surface area contributed by atoms with Crippen LogP contribution in [0.4, 0.5) is 0 Å². The van der Waals surface area contributed by atoms with Crippen molar-refractivity contribution in [3.8, 4) is 0 Å². The summed E-state index contributed by atoms with van der Waals surface area (Å²) in [6.45, 7) is 1.94. The first-order valence-corrected chi connectivity index (χ1v) is 4.32. The maximum atomic E-state index is 11.3. The molecule has 2 bridgehead atoms. The number of carbonyl (C=O) groups is 1. The molecular weight excluding hydrogens is 145 g/mol. The molecule has 0 spiro atoms. The van der Waals surface area contributed by atoms with Crippen LogP contribution in [0.25, 0.3) is 0 Å². The van der Waals surface area contributed by atoms with E-state index in [2.05, 4.69) is 14.1 Å². The monoisotopic (exact) mass is 157 g/mol. The summed E-state index contributed by atoms with van der Waals surface area (Å²) in [5.74, 6) is 1.27. The van der Waals surface area contributed by atoms with Gasteiger partial charge in [-0.15, -0.1) is 0 Å². The predicted octanol–water partition coefficient (Wildman–Crippen LogP) is 0.687. The van der Waals surface area contributed by atoms with Gasteiger partial charge in [-0.05, 0) is 12.8 Å². The van der Waals surface area contributed by atoms with Gasteiger partial charge in [-0.3, -0.25) is 9.46 Å². The van der Waals surface area contributed by atoms with Gasteiger partial charge in [-0.25, -0.2) is 0 Å². The molecule has 2 rings (SSSR count). The second kappa shape index (κ2) is 2.28. The Morgan fingerprint density at radius 2 is 1.80 bits per heavy atom. The van der Waals surface area contributed by atoms with Crippen LogP contribution in [-0.4, -0.2) is 23.5 Å². The largest absolute Gasteiger partial charge is 0.299 e. The maximum absolute atomic E-state index is 11.3. The lowest BCUT2D eigenvalue weighted by Crippen LogP contribution is -2.36. The summed E-state index contributed by atoms with van der Waals surface area (Å²) in [6.07, 6.45) is 2.27. The fraction of sp³-hybridized carbons (Fsp3) is 0.857. The Morgan fingerprint density at radius 1 is 1.30 bits per heavy atom. The van der Waals surface area contributed by atoms with Crippen molar-refractivity contribution in [2.75, 3.05) is 13.1 Å². The minimum atomic E-state index is 0.372. The lowest BCUT2D eigenvalue weighted by molar-refractivity contribution is -0.126. The van der Waals surface area contributed by atoms with E-state index in [1.165, 1.54) is 0 Å². The SMILES string of the molecule is O=C1C2CCC1CN(P)C2. The third-order valence-corrected chi connectivity index (χ3v) is 3.00. The second-order valence-electron chi connectivity index (χ2n) is 3.33. The average Bonchev–Trinajstić information content (AvgIpc) is 2.20. The van der Waals surface area contributed by atoms with Crippen molar-refractivity contribution in [3.63, 3.8) is 0 Å². The molecule has 56 valence electrons. The van der Waals surface area contributed by atoms with Crippen LogP contribution in [0.2, 0.25) is 0 Å². The average molecular weight is 157 g/mol. The van der Waals surface area contributed by atoms with Gasteiger partial charge >= 0.3 is 0 Å². The summed E-state index contributed by atoms with van der Waals surface area (Å²) in [5, 5.41) is 0.